The maximum atomic E-state index is 12.0. The molecule has 0 aliphatic heterocycles. The molecule has 2 rings (SSSR count). The van der Waals surface area contributed by atoms with E-state index < -0.39 is 10.8 Å². The Bertz CT molecular complexity index is 734. The summed E-state index contributed by atoms with van der Waals surface area (Å²) in [7, 11) is 0. The van der Waals surface area contributed by atoms with Crippen molar-refractivity contribution in [3.63, 3.8) is 0 Å². The molecule has 0 fully saturated rings. The lowest BCUT2D eigenvalue weighted by atomic mass is 10.3. The van der Waals surface area contributed by atoms with Gasteiger partial charge < -0.3 is 10.4 Å². The molecular weight excluding hydrogens is 321 g/mol. The first-order chi connectivity index (χ1) is 9.88. The predicted octanol–water partition coefficient (Wildman–Crippen LogP) is 3.86. The van der Waals surface area contributed by atoms with Crippen molar-refractivity contribution in [2.75, 3.05) is 5.32 Å². The number of phenols is 1. The third-order valence-corrected chi connectivity index (χ3v) is 3.16. The number of non-ortho nitro benzene ring substituents is 1. The molecule has 0 bridgehead atoms. The van der Waals surface area contributed by atoms with Gasteiger partial charge in [-0.15, -0.1) is 0 Å². The molecule has 108 valence electrons. The van der Waals surface area contributed by atoms with E-state index in [1.807, 2.05) is 0 Å². The number of hydrogen-bond acceptors (Lipinski definition) is 4. The minimum atomic E-state index is -0.634. The highest BCUT2D eigenvalue weighted by molar-refractivity contribution is 6.34. The Morgan fingerprint density at radius 3 is 2.52 bits per heavy atom. The Labute approximate surface area is 129 Å². The quantitative estimate of drug-likeness (QED) is 0.660. The average molecular weight is 329 g/mol. The second kappa shape index (κ2) is 5.99. The minimum absolute atomic E-state index is 0.0130. The summed E-state index contributed by atoms with van der Waals surface area (Å²) >= 11 is 11.6. The predicted molar refractivity (Wildman–Crippen MR) is 79.2 cm³/mol. The molecule has 2 N–H and O–H groups in total. The molecule has 0 aliphatic carbocycles. The lowest BCUT2D eigenvalue weighted by Crippen LogP contribution is -2.12. The minimum Gasteiger partial charge on any atom is -0.507 e. The number of rotatable bonds is 3. The van der Waals surface area contributed by atoms with Gasteiger partial charge in [-0.3, -0.25) is 14.9 Å². The van der Waals surface area contributed by atoms with Crippen molar-refractivity contribution < 1.29 is 14.8 Å². The third kappa shape index (κ3) is 3.42. The van der Waals surface area contributed by atoms with Gasteiger partial charge >= 0.3 is 0 Å². The summed E-state index contributed by atoms with van der Waals surface area (Å²) in [6, 6.07) is 7.65. The van der Waals surface area contributed by atoms with Gasteiger partial charge in [0.1, 0.15) is 5.75 Å². The molecule has 21 heavy (non-hydrogen) atoms. The standard InChI is InChI=1S/C13H8Cl2N2O4/c14-7-1-4-12(18)9(5-7)13(19)16-11-3-2-8(17(20)21)6-10(11)15/h1-6,18H,(H,16,19)/i13+2. The summed E-state index contributed by atoms with van der Waals surface area (Å²) in [4.78, 5) is 22.0. The number of phenolic OH excluding ortho intramolecular Hbond substituents is 1. The molecule has 0 saturated heterocycles. The van der Waals surface area contributed by atoms with Gasteiger partial charge in [0.25, 0.3) is 11.6 Å². The molecule has 2 aromatic rings. The molecule has 8 heteroatoms. The van der Waals surface area contributed by atoms with Crippen LogP contribution < -0.4 is 5.32 Å². The number of benzene rings is 2. The highest BCUT2D eigenvalue weighted by atomic mass is 35.5. The average Bonchev–Trinajstić information content (AvgIpc) is 2.43. The Morgan fingerprint density at radius 1 is 1.19 bits per heavy atom. The monoisotopic (exact) mass is 328 g/mol. The lowest BCUT2D eigenvalue weighted by molar-refractivity contribution is -0.384. The first-order valence-corrected chi connectivity index (χ1v) is 6.38. The van der Waals surface area contributed by atoms with Crippen LogP contribution >= 0.6 is 23.2 Å². The summed E-state index contributed by atoms with van der Waals surface area (Å²) in [5.41, 5.74) is -0.0350. The Morgan fingerprint density at radius 2 is 1.90 bits per heavy atom. The lowest BCUT2D eigenvalue weighted by Gasteiger charge is -2.08. The summed E-state index contributed by atoms with van der Waals surface area (Å²) < 4.78 is 0. The number of nitrogens with one attached hydrogen (secondary N) is 1. The smallest absolute Gasteiger partial charge is 0.271 e. The number of anilines is 1. The highest BCUT2D eigenvalue weighted by Crippen LogP contribution is 2.28. The van der Waals surface area contributed by atoms with Gasteiger partial charge in [0.15, 0.2) is 0 Å². The molecule has 2 aromatic carbocycles. The topological polar surface area (TPSA) is 92.5 Å². The van der Waals surface area contributed by atoms with Crippen LogP contribution in [0.2, 0.25) is 10.0 Å². The van der Waals surface area contributed by atoms with Crippen molar-refractivity contribution >= 4 is 40.5 Å². The van der Waals surface area contributed by atoms with Crippen LogP contribution in [0.15, 0.2) is 36.4 Å². The van der Waals surface area contributed by atoms with E-state index in [0.717, 1.165) is 6.07 Å². The van der Waals surface area contributed by atoms with Crippen molar-refractivity contribution in [3.8, 4) is 5.75 Å². The highest BCUT2D eigenvalue weighted by Gasteiger charge is 2.15. The SMILES string of the molecule is O=[14C](Nc1ccc([N+](=O)[O-])cc1Cl)c1cc(Cl)ccc1O. The maximum Gasteiger partial charge on any atom is 0.271 e. The summed E-state index contributed by atoms with van der Waals surface area (Å²) in [6.07, 6.45) is 0. The van der Waals surface area contributed by atoms with E-state index in [1.54, 1.807) is 0 Å². The fourth-order valence-corrected chi connectivity index (χ4v) is 1.99. The number of hydrogen-bond donors (Lipinski definition) is 2. The van der Waals surface area contributed by atoms with E-state index in [4.69, 9.17) is 23.2 Å². The normalized spacial score (nSPS) is 10.2. The zero-order chi connectivity index (χ0) is 15.6. The maximum absolute atomic E-state index is 12.0. The van der Waals surface area contributed by atoms with Crippen LogP contribution in [0.1, 0.15) is 10.4 Å². The number of amides is 1. The van der Waals surface area contributed by atoms with Crippen LogP contribution in [0.4, 0.5) is 11.4 Å². The van der Waals surface area contributed by atoms with Crippen LogP contribution in [-0.2, 0) is 0 Å². The zero-order valence-electron chi connectivity index (χ0n) is 10.3. The first-order valence-electron chi connectivity index (χ1n) is 5.62. The van der Waals surface area contributed by atoms with E-state index >= 15 is 0 Å². The van der Waals surface area contributed by atoms with Gasteiger partial charge in [-0.05, 0) is 24.3 Å². The number of carbonyl (C=O) groups is 1. The molecule has 0 aliphatic rings. The number of nitrogens with zero attached hydrogens (tertiary/aromatic N) is 1. The fourth-order valence-electron chi connectivity index (χ4n) is 1.60. The number of halogens is 2. The van der Waals surface area contributed by atoms with Crippen LogP contribution in [-0.4, -0.2) is 15.9 Å². The van der Waals surface area contributed by atoms with E-state index in [1.165, 1.54) is 30.3 Å². The van der Waals surface area contributed by atoms with E-state index in [0.29, 0.717) is 0 Å². The first kappa shape index (κ1) is 15.1. The Hall–Kier alpha value is -2.31. The van der Waals surface area contributed by atoms with Crippen molar-refractivity contribution in [1.82, 2.24) is 0 Å². The number of nitro groups is 1. The van der Waals surface area contributed by atoms with Gasteiger partial charge in [-0.1, -0.05) is 23.2 Å². The number of nitro benzene ring substituents is 1. The number of aromatic hydroxyl groups is 1. The molecule has 0 unspecified atom stereocenters. The van der Waals surface area contributed by atoms with Crippen molar-refractivity contribution in [1.29, 1.82) is 0 Å². The van der Waals surface area contributed by atoms with Crippen LogP contribution in [0, 0.1) is 10.1 Å². The summed E-state index contributed by atoms with van der Waals surface area (Å²) in [5.74, 6) is -0.874. The van der Waals surface area contributed by atoms with E-state index in [9.17, 15) is 20.0 Å². The molecule has 1 amide bonds. The molecule has 6 nitrogen and oxygen atoms in total. The Balaban J connectivity index is 2.27. The van der Waals surface area contributed by atoms with Gasteiger partial charge in [-0.25, -0.2) is 0 Å². The van der Waals surface area contributed by atoms with Crippen molar-refractivity contribution in [3.05, 3.63) is 62.1 Å². The summed E-state index contributed by atoms with van der Waals surface area (Å²) in [5, 5.41) is 23.0. The molecule has 0 heterocycles. The number of carbonyl (C=O) groups excluding carboxylic acids is 1. The largest absolute Gasteiger partial charge is 0.507 e. The Kier molecular flexibility index (Phi) is 4.30. The van der Waals surface area contributed by atoms with Crippen LogP contribution in [0.5, 0.6) is 5.75 Å². The molecule has 0 saturated carbocycles. The molecule has 0 spiro atoms. The van der Waals surface area contributed by atoms with E-state index in [-0.39, 0.29) is 32.7 Å². The van der Waals surface area contributed by atoms with Crippen LogP contribution in [0.3, 0.4) is 0 Å². The molecular formula is C13H8Cl2N2O4. The van der Waals surface area contributed by atoms with Gasteiger partial charge in [0.2, 0.25) is 0 Å². The van der Waals surface area contributed by atoms with E-state index in [2.05, 4.69) is 5.32 Å². The second-order valence-electron chi connectivity index (χ2n) is 4.04. The second-order valence-corrected chi connectivity index (χ2v) is 4.88. The van der Waals surface area contributed by atoms with Gasteiger partial charge in [-0.2, -0.15) is 0 Å². The molecule has 0 atom stereocenters. The zero-order valence-corrected chi connectivity index (χ0v) is 11.9. The van der Waals surface area contributed by atoms with Crippen LogP contribution in [0.25, 0.3) is 0 Å². The van der Waals surface area contributed by atoms with Gasteiger partial charge in [0, 0.05) is 17.2 Å². The van der Waals surface area contributed by atoms with Gasteiger partial charge in [0.05, 0.1) is 21.2 Å². The molecule has 0 radical (unpaired) electrons. The third-order valence-electron chi connectivity index (χ3n) is 2.61. The summed E-state index contributed by atoms with van der Waals surface area (Å²) in [6.45, 7) is 0. The molecule has 0 aromatic heterocycles. The fraction of sp³-hybridized carbons (Fsp3) is 0. The van der Waals surface area contributed by atoms with Crippen molar-refractivity contribution in [2.24, 2.45) is 0 Å². The van der Waals surface area contributed by atoms with Crippen molar-refractivity contribution in [2.45, 2.75) is 0 Å².